The summed E-state index contributed by atoms with van der Waals surface area (Å²) in [7, 11) is 1.31. The van der Waals surface area contributed by atoms with E-state index in [4.69, 9.17) is 4.74 Å². The molecule has 0 saturated heterocycles. The molecule has 0 aliphatic carbocycles. The first kappa shape index (κ1) is 20.7. The number of benzene rings is 2. The number of hydrogen-bond donors (Lipinski definition) is 4. The highest BCUT2D eigenvalue weighted by Crippen LogP contribution is 2.27. The largest absolute Gasteiger partial charge is 0.482 e. The van der Waals surface area contributed by atoms with E-state index in [1.807, 2.05) is 18.2 Å². The van der Waals surface area contributed by atoms with Crippen molar-refractivity contribution in [2.24, 2.45) is 0 Å². The predicted molar refractivity (Wildman–Crippen MR) is 117 cm³/mol. The Balaban J connectivity index is 1.44. The van der Waals surface area contributed by atoms with Gasteiger partial charge in [0.05, 0.1) is 19.0 Å². The van der Waals surface area contributed by atoms with E-state index in [9.17, 15) is 9.18 Å². The van der Waals surface area contributed by atoms with Gasteiger partial charge in [0.25, 0.3) is 0 Å². The lowest BCUT2D eigenvalue weighted by atomic mass is 10.2. The fraction of sp³-hybridized carbons (Fsp3) is 0.150. The first-order valence-electron chi connectivity index (χ1n) is 9.23. The zero-order valence-corrected chi connectivity index (χ0v) is 17.3. The molecule has 0 unspecified atom stereocenters. The molecule has 0 atom stereocenters. The van der Waals surface area contributed by atoms with Gasteiger partial charge in [-0.2, -0.15) is 4.98 Å². The summed E-state index contributed by atoms with van der Waals surface area (Å²) in [5, 5.41) is 5.59. The molecule has 2 heterocycles. The SMILES string of the molecule is COC(=O)SCOc1cccc(Nc2ncc(F)c(Nc3ccc4c(c3)CNN4)n2)c1. The van der Waals surface area contributed by atoms with Crippen molar-refractivity contribution in [1.82, 2.24) is 15.4 Å². The molecule has 0 radical (unpaired) electrons. The van der Waals surface area contributed by atoms with E-state index >= 15 is 0 Å². The summed E-state index contributed by atoms with van der Waals surface area (Å²) in [6, 6.07) is 12.7. The Morgan fingerprint density at radius 1 is 1.23 bits per heavy atom. The molecule has 0 amide bonds. The van der Waals surface area contributed by atoms with Crippen molar-refractivity contribution in [3.63, 3.8) is 0 Å². The Morgan fingerprint density at radius 2 is 2.10 bits per heavy atom. The van der Waals surface area contributed by atoms with Crippen LogP contribution in [0.2, 0.25) is 0 Å². The molecule has 160 valence electrons. The third kappa shape index (κ3) is 5.32. The normalized spacial score (nSPS) is 11.9. The maximum Gasteiger partial charge on any atom is 0.370 e. The fourth-order valence-electron chi connectivity index (χ4n) is 2.82. The second-order valence-electron chi connectivity index (χ2n) is 6.38. The Morgan fingerprint density at radius 3 is 2.97 bits per heavy atom. The van der Waals surface area contributed by atoms with Crippen LogP contribution in [0, 0.1) is 5.82 Å². The van der Waals surface area contributed by atoms with Crippen LogP contribution in [0.25, 0.3) is 0 Å². The molecule has 0 fully saturated rings. The highest BCUT2D eigenvalue weighted by Gasteiger charge is 2.12. The number of methoxy groups -OCH3 is 1. The molecule has 4 N–H and O–H groups in total. The van der Waals surface area contributed by atoms with Crippen molar-refractivity contribution < 1.29 is 18.7 Å². The third-order valence-electron chi connectivity index (χ3n) is 4.27. The van der Waals surface area contributed by atoms with Gasteiger partial charge in [-0.05, 0) is 47.7 Å². The zero-order valence-electron chi connectivity index (χ0n) is 16.4. The number of nitrogens with one attached hydrogen (secondary N) is 4. The standard InChI is InChI=1S/C20H19FN6O3S/c1-29-20(28)31-11-30-15-4-2-3-13(8-15)25-19-22-10-16(21)18(26-19)24-14-5-6-17-12(7-14)9-23-27-17/h2-8,10,23,27H,9,11H2,1H3,(H2,22,24,25,26). The van der Waals surface area contributed by atoms with Crippen LogP contribution in [0.1, 0.15) is 5.56 Å². The van der Waals surface area contributed by atoms with Crippen LogP contribution in [0.4, 0.5) is 38.0 Å². The molecule has 0 saturated carbocycles. The molecule has 9 nitrogen and oxygen atoms in total. The lowest BCUT2D eigenvalue weighted by Crippen LogP contribution is -2.10. The molecule has 1 aromatic heterocycles. The minimum Gasteiger partial charge on any atom is -0.482 e. The zero-order chi connectivity index (χ0) is 21.6. The summed E-state index contributed by atoms with van der Waals surface area (Å²) in [5.74, 6) is 0.359. The summed E-state index contributed by atoms with van der Waals surface area (Å²) >= 11 is 0.907. The molecule has 1 aliphatic rings. The molecule has 0 spiro atoms. The molecule has 1 aliphatic heterocycles. The number of aromatic nitrogens is 2. The van der Waals surface area contributed by atoms with Crippen LogP contribution in [-0.2, 0) is 11.3 Å². The summed E-state index contributed by atoms with van der Waals surface area (Å²) in [5.41, 5.74) is 9.49. The summed E-state index contributed by atoms with van der Waals surface area (Å²) in [6.07, 6.45) is 1.10. The van der Waals surface area contributed by atoms with Crippen molar-refractivity contribution in [2.75, 3.05) is 29.1 Å². The Kier molecular flexibility index (Phi) is 6.34. The van der Waals surface area contributed by atoms with E-state index in [1.165, 1.54) is 7.11 Å². The van der Waals surface area contributed by atoms with E-state index in [-0.39, 0.29) is 17.7 Å². The highest BCUT2D eigenvalue weighted by atomic mass is 32.2. The van der Waals surface area contributed by atoms with Crippen LogP contribution in [0.5, 0.6) is 5.75 Å². The Bertz CT molecular complexity index is 1100. The summed E-state index contributed by atoms with van der Waals surface area (Å²) < 4.78 is 24.3. The lowest BCUT2D eigenvalue weighted by Gasteiger charge is -2.11. The molecule has 4 rings (SSSR count). The predicted octanol–water partition coefficient (Wildman–Crippen LogP) is 4.37. The van der Waals surface area contributed by atoms with Gasteiger partial charge in [0.1, 0.15) is 11.7 Å². The summed E-state index contributed by atoms with van der Waals surface area (Å²) in [6.45, 7) is 0.681. The fourth-order valence-corrected chi connectivity index (χ4v) is 3.23. The van der Waals surface area contributed by atoms with E-state index in [0.717, 1.165) is 29.2 Å². The van der Waals surface area contributed by atoms with Crippen molar-refractivity contribution in [2.45, 2.75) is 6.54 Å². The van der Waals surface area contributed by atoms with E-state index in [0.29, 0.717) is 23.7 Å². The minimum atomic E-state index is -0.570. The van der Waals surface area contributed by atoms with Gasteiger partial charge in [-0.15, -0.1) is 0 Å². The number of hydrogen-bond acceptors (Lipinski definition) is 10. The lowest BCUT2D eigenvalue weighted by molar-refractivity contribution is 0.200. The minimum absolute atomic E-state index is 0.0539. The maximum absolute atomic E-state index is 14.3. The second-order valence-corrected chi connectivity index (χ2v) is 7.24. The van der Waals surface area contributed by atoms with Crippen LogP contribution < -0.4 is 26.2 Å². The van der Waals surface area contributed by atoms with Crippen molar-refractivity contribution in [3.8, 4) is 5.75 Å². The maximum atomic E-state index is 14.3. The molecule has 0 bridgehead atoms. The van der Waals surface area contributed by atoms with Gasteiger partial charge in [-0.1, -0.05) is 6.07 Å². The monoisotopic (exact) mass is 442 g/mol. The molecule has 3 aromatic rings. The number of rotatable bonds is 7. The number of nitrogens with zero attached hydrogens (tertiary/aromatic N) is 2. The van der Waals surface area contributed by atoms with Gasteiger partial charge in [0, 0.05) is 24.0 Å². The second kappa shape index (κ2) is 9.49. The number of anilines is 5. The number of hydrazine groups is 1. The highest BCUT2D eigenvalue weighted by molar-refractivity contribution is 8.13. The van der Waals surface area contributed by atoms with Gasteiger partial charge in [-0.3, -0.25) is 0 Å². The molecular weight excluding hydrogens is 423 g/mol. The van der Waals surface area contributed by atoms with Gasteiger partial charge >= 0.3 is 5.30 Å². The van der Waals surface area contributed by atoms with Gasteiger partial charge < -0.3 is 25.5 Å². The summed E-state index contributed by atoms with van der Waals surface area (Å²) in [4.78, 5) is 19.4. The first-order chi connectivity index (χ1) is 15.1. The number of thioether (sulfide) groups is 1. The van der Waals surface area contributed by atoms with E-state index in [2.05, 4.69) is 36.2 Å². The number of halogens is 1. The Hall–Kier alpha value is -3.57. The van der Waals surface area contributed by atoms with Crippen LogP contribution in [0.15, 0.2) is 48.7 Å². The number of carbonyl (C=O) groups excluding carboxylic acids is 1. The van der Waals surface area contributed by atoms with E-state index in [1.54, 1.807) is 24.3 Å². The van der Waals surface area contributed by atoms with Crippen LogP contribution in [-0.4, -0.2) is 28.3 Å². The van der Waals surface area contributed by atoms with Gasteiger partial charge in [0.2, 0.25) is 5.95 Å². The third-order valence-corrected chi connectivity index (χ3v) is 4.91. The smallest absolute Gasteiger partial charge is 0.370 e. The topological polar surface area (TPSA) is 109 Å². The van der Waals surface area contributed by atoms with Crippen molar-refractivity contribution in [1.29, 1.82) is 0 Å². The molecule has 11 heteroatoms. The van der Waals surface area contributed by atoms with Gasteiger partial charge in [-0.25, -0.2) is 19.6 Å². The van der Waals surface area contributed by atoms with Crippen molar-refractivity contribution in [3.05, 3.63) is 60.0 Å². The first-order valence-corrected chi connectivity index (χ1v) is 10.2. The molecular formula is C20H19FN6O3S. The quantitative estimate of drug-likeness (QED) is 0.311. The number of ether oxygens (including phenoxy) is 2. The van der Waals surface area contributed by atoms with Gasteiger partial charge in [0.15, 0.2) is 11.6 Å². The average Bonchev–Trinajstić information content (AvgIpc) is 3.24. The average molecular weight is 442 g/mol. The Labute approximate surface area is 181 Å². The van der Waals surface area contributed by atoms with Crippen LogP contribution >= 0.6 is 11.8 Å². The molecule has 31 heavy (non-hydrogen) atoms. The number of carbonyl (C=O) groups is 1. The van der Waals surface area contributed by atoms with E-state index < -0.39 is 11.1 Å². The van der Waals surface area contributed by atoms with Crippen molar-refractivity contribution >= 4 is 45.9 Å². The number of fused-ring (bicyclic) bond motifs is 1. The van der Waals surface area contributed by atoms with Crippen LogP contribution in [0.3, 0.4) is 0 Å². The molecule has 2 aromatic carbocycles.